The molecule has 2 aliphatic carbocycles. The Morgan fingerprint density at radius 3 is 3.07 bits per heavy atom. The third-order valence-corrected chi connectivity index (χ3v) is 3.39. The molecule has 0 aromatic heterocycles. The summed E-state index contributed by atoms with van der Waals surface area (Å²) >= 11 is 0. The first kappa shape index (κ1) is 8.72. The van der Waals surface area contributed by atoms with Crippen molar-refractivity contribution in [2.45, 2.75) is 24.8 Å². The van der Waals surface area contributed by atoms with Crippen LogP contribution in [0.2, 0.25) is 0 Å². The van der Waals surface area contributed by atoms with E-state index in [0.29, 0.717) is 5.92 Å². The lowest BCUT2D eigenvalue weighted by molar-refractivity contribution is -0.120. The number of carbonyl (C=O) groups excluding carboxylic acids is 1. The highest BCUT2D eigenvalue weighted by Gasteiger charge is 2.45. The van der Waals surface area contributed by atoms with E-state index >= 15 is 0 Å². The maximum absolute atomic E-state index is 11.2. The molecule has 0 saturated carbocycles. The van der Waals surface area contributed by atoms with Crippen LogP contribution in [0.15, 0.2) is 36.4 Å². The first-order valence-corrected chi connectivity index (χ1v) is 5.29. The van der Waals surface area contributed by atoms with E-state index in [9.17, 15) is 4.79 Å². The molecule has 1 amide bonds. The summed E-state index contributed by atoms with van der Waals surface area (Å²) in [5.41, 5.74) is 2.43. The van der Waals surface area contributed by atoms with E-state index in [2.05, 4.69) is 35.7 Å². The fourth-order valence-corrected chi connectivity index (χ4v) is 2.88. The fourth-order valence-electron chi connectivity index (χ4n) is 2.88. The SMILES string of the molecule is CC(=O)NC12C=CC(C1)c1ccccc12. The Balaban J connectivity index is 2.12. The van der Waals surface area contributed by atoms with Gasteiger partial charge in [0.25, 0.3) is 0 Å². The van der Waals surface area contributed by atoms with Crippen molar-refractivity contribution in [3.63, 3.8) is 0 Å². The van der Waals surface area contributed by atoms with Crippen LogP contribution >= 0.6 is 0 Å². The van der Waals surface area contributed by atoms with Crippen molar-refractivity contribution < 1.29 is 4.79 Å². The second-order valence-electron chi connectivity index (χ2n) is 4.41. The molecule has 2 aliphatic rings. The Labute approximate surface area is 89.0 Å². The van der Waals surface area contributed by atoms with Gasteiger partial charge in [0.1, 0.15) is 0 Å². The maximum Gasteiger partial charge on any atom is 0.217 e. The van der Waals surface area contributed by atoms with E-state index in [1.165, 1.54) is 11.1 Å². The van der Waals surface area contributed by atoms with E-state index in [1.807, 2.05) is 6.07 Å². The Bertz CT molecular complexity index is 463. The molecule has 0 fully saturated rings. The van der Waals surface area contributed by atoms with E-state index in [-0.39, 0.29) is 11.4 Å². The molecule has 0 saturated heterocycles. The van der Waals surface area contributed by atoms with Crippen LogP contribution in [0.3, 0.4) is 0 Å². The monoisotopic (exact) mass is 199 g/mol. The minimum atomic E-state index is -0.215. The van der Waals surface area contributed by atoms with Crippen LogP contribution in [0.5, 0.6) is 0 Å². The molecule has 1 aromatic carbocycles. The van der Waals surface area contributed by atoms with Crippen LogP contribution in [0, 0.1) is 0 Å². The molecule has 2 unspecified atom stereocenters. The molecule has 1 aromatic rings. The first-order valence-electron chi connectivity index (χ1n) is 5.29. The summed E-state index contributed by atoms with van der Waals surface area (Å²) in [5, 5.41) is 3.08. The van der Waals surface area contributed by atoms with Gasteiger partial charge in [0.05, 0.1) is 5.54 Å². The highest BCUT2D eigenvalue weighted by Crippen LogP contribution is 2.50. The lowest BCUT2D eigenvalue weighted by atomic mass is 9.91. The van der Waals surface area contributed by atoms with Crippen molar-refractivity contribution in [1.29, 1.82) is 0 Å². The van der Waals surface area contributed by atoms with E-state index in [4.69, 9.17) is 0 Å². The smallest absolute Gasteiger partial charge is 0.217 e. The number of carbonyl (C=O) groups is 1. The molecule has 0 aliphatic heterocycles. The van der Waals surface area contributed by atoms with Crippen LogP contribution in [0.4, 0.5) is 0 Å². The van der Waals surface area contributed by atoms with Crippen LogP contribution in [-0.2, 0) is 10.3 Å². The largest absolute Gasteiger partial charge is 0.343 e. The van der Waals surface area contributed by atoms with Crippen molar-refractivity contribution in [2.24, 2.45) is 0 Å². The van der Waals surface area contributed by atoms with Gasteiger partial charge in [0, 0.05) is 12.8 Å². The quantitative estimate of drug-likeness (QED) is 0.689. The van der Waals surface area contributed by atoms with E-state index < -0.39 is 0 Å². The normalized spacial score (nSPS) is 30.3. The number of allylic oxidation sites excluding steroid dienone is 1. The zero-order valence-corrected chi connectivity index (χ0v) is 8.66. The number of benzene rings is 1. The van der Waals surface area contributed by atoms with Crippen LogP contribution in [-0.4, -0.2) is 5.91 Å². The highest BCUT2D eigenvalue weighted by molar-refractivity contribution is 5.75. The average molecular weight is 199 g/mol. The lowest BCUT2D eigenvalue weighted by Gasteiger charge is -2.26. The van der Waals surface area contributed by atoms with Gasteiger partial charge in [-0.15, -0.1) is 0 Å². The van der Waals surface area contributed by atoms with Gasteiger partial charge in [0.2, 0.25) is 5.91 Å². The van der Waals surface area contributed by atoms with Crippen molar-refractivity contribution in [3.8, 4) is 0 Å². The van der Waals surface area contributed by atoms with Crippen molar-refractivity contribution in [2.75, 3.05) is 0 Å². The molecule has 2 nitrogen and oxygen atoms in total. The standard InChI is InChI=1S/C13H13NO/c1-9(15)14-13-7-6-10(8-13)11-4-2-3-5-12(11)13/h2-7,10H,8H2,1H3,(H,14,15). The predicted octanol–water partition coefficient (Wildman–Crippen LogP) is 2.08. The summed E-state index contributed by atoms with van der Waals surface area (Å²) in [4.78, 5) is 11.2. The number of hydrogen-bond donors (Lipinski definition) is 1. The molecule has 0 heterocycles. The third kappa shape index (κ3) is 1.08. The van der Waals surface area contributed by atoms with Crippen molar-refractivity contribution in [1.82, 2.24) is 5.32 Å². The molecule has 2 heteroatoms. The molecule has 0 spiro atoms. The summed E-state index contributed by atoms with van der Waals surface area (Å²) in [6.45, 7) is 1.58. The lowest BCUT2D eigenvalue weighted by Crippen LogP contribution is -2.40. The first-order chi connectivity index (χ1) is 7.21. The molecule has 1 N–H and O–H groups in total. The Hall–Kier alpha value is -1.57. The number of amides is 1. The summed E-state index contributed by atoms with van der Waals surface area (Å²) in [5.74, 6) is 0.532. The zero-order valence-electron chi connectivity index (χ0n) is 8.66. The van der Waals surface area contributed by atoms with Gasteiger partial charge in [-0.2, -0.15) is 0 Å². The number of hydrogen-bond acceptors (Lipinski definition) is 1. The van der Waals surface area contributed by atoms with E-state index in [1.54, 1.807) is 6.92 Å². The molecular formula is C13H13NO. The van der Waals surface area contributed by atoms with Gasteiger partial charge in [-0.1, -0.05) is 36.4 Å². The Morgan fingerprint density at radius 2 is 2.27 bits per heavy atom. The van der Waals surface area contributed by atoms with Gasteiger partial charge in [-0.3, -0.25) is 4.79 Å². The van der Waals surface area contributed by atoms with Crippen molar-refractivity contribution >= 4 is 5.91 Å². The molecule has 15 heavy (non-hydrogen) atoms. The number of rotatable bonds is 1. The fraction of sp³-hybridized carbons (Fsp3) is 0.308. The van der Waals surface area contributed by atoms with Gasteiger partial charge in [-0.25, -0.2) is 0 Å². The molecule has 2 bridgehead atoms. The molecule has 0 radical (unpaired) electrons. The van der Waals surface area contributed by atoms with E-state index in [0.717, 1.165) is 6.42 Å². The zero-order chi connectivity index (χ0) is 10.5. The minimum Gasteiger partial charge on any atom is -0.343 e. The van der Waals surface area contributed by atoms with Crippen LogP contribution < -0.4 is 5.32 Å². The molecular weight excluding hydrogens is 186 g/mol. The molecule has 3 rings (SSSR count). The van der Waals surface area contributed by atoms with Gasteiger partial charge >= 0.3 is 0 Å². The second-order valence-corrected chi connectivity index (χ2v) is 4.41. The highest BCUT2D eigenvalue weighted by atomic mass is 16.1. The Morgan fingerprint density at radius 1 is 1.47 bits per heavy atom. The molecule has 2 atom stereocenters. The van der Waals surface area contributed by atoms with Gasteiger partial charge < -0.3 is 5.32 Å². The minimum absolute atomic E-state index is 0.0389. The van der Waals surface area contributed by atoms with Crippen molar-refractivity contribution in [3.05, 3.63) is 47.5 Å². The van der Waals surface area contributed by atoms with Crippen LogP contribution in [0.25, 0.3) is 0 Å². The maximum atomic E-state index is 11.2. The van der Waals surface area contributed by atoms with Crippen LogP contribution in [0.1, 0.15) is 30.4 Å². The molecule has 76 valence electrons. The summed E-state index contributed by atoms with van der Waals surface area (Å²) < 4.78 is 0. The third-order valence-electron chi connectivity index (χ3n) is 3.39. The second kappa shape index (κ2) is 2.72. The average Bonchev–Trinajstić information content (AvgIpc) is 2.73. The number of nitrogens with one attached hydrogen (secondary N) is 1. The summed E-state index contributed by atoms with van der Waals surface area (Å²) in [6.07, 6.45) is 5.34. The summed E-state index contributed by atoms with van der Waals surface area (Å²) in [6, 6.07) is 8.38. The Kier molecular flexibility index (Phi) is 1.58. The predicted molar refractivity (Wildman–Crippen MR) is 58.4 cm³/mol. The number of fused-ring (bicyclic) bond motifs is 5. The van der Waals surface area contributed by atoms with Gasteiger partial charge in [-0.05, 0) is 17.5 Å². The topological polar surface area (TPSA) is 29.1 Å². The van der Waals surface area contributed by atoms with Gasteiger partial charge in [0.15, 0.2) is 0 Å². The summed E-state index contributed by atoms with van der Waals surface area (Å²) in [7, 11) is 0.